The second kappa shape index (κ2) is 7.50. The molecule has 0 spiro atoms. The Labute approximate surface area is 184 Å². The standard InChI is InChI=1S/C21H15F3N6O3/c22-21(23,24)17-3-1-2-14(25-17)15-10-30(28-27-15)12-5-4-11-9-29(20(33)13(11)8-12)16-6-7-18(31)26-19(16)32/h1-5,8,10,16H,6-7,9H2,(H,26,31,32). The van der Waals surface area contributed by atoms with E-state index in [1.807, 2.05) is 0 Å². The Kier molecular flexibility index (Phi) is 4.73. The van der Waals surface area contributed by atoms with Crippen molar-refractivity contribution in [1.29, 1.82) is 0 Å². The molecule has 3 aromatic rings. The Morgan fingerprint density at radius 1 is 1.06 bits per heavy atom. The van der Waals surface area contributed by atoms with Crippen molar-refractivity contribution in [1.82, 2.24) is 30.2 Å². The first-order valence-electron chi connectivity index (χ1n) is 9.95. The highest BCUT2D eigenvalue weighted by Gasteiger charge is 2.39. The van der Waals surface area contributed by atoms with E-state index in [0.29, 0.717) is 16.8 Å². The zero-order valence-corrected chi connectivity index (χ0v) is 16.8. The number of hydrogen-bond acceptors (Lipinski definition) is 6. The predicted molar refractivity (Wildman–Crippen MR) is 106 cm³/mol. The molecule has 5 rings (SSSR count). The molecule has 0 saturated carbocycles. The van der Waals surface area contributed by atoms with Crippen LogP contribution in [0.3, 0.4) is 0 Å². The molecule has 0 radical (unpaired) electrons. The number of nitrogens with zero attached hydrogens (tertiary/aromatic N) is 5. The van der Waals surface area contributed by atoms with E-state index in [1.165, 1.54) is 27.9 Å². The van der Waals surface area contributed by atoms with Gasteiger partial charge in [0.1, 0.15) is 17.4 Å². The lowest BCUT2D eigenvalue weighted by Gasteiger charge is -2.29. The van der Waals surface area contributed by atoms with Crippen LogP contribution in [0.5, 0.6) is 0 Å². The van der Waals surface area contributed by atoms with Gasteiger partial charge < -0.3 is 4.90 Å². The van der Waals surface area contributed by atoms with Crippen molar-refractivity contribution >= 4 is 17.7 Å². The molecule has 0 aliphatic carbocycles. The lowest BCUT2D eigenvalue weighted by molar-refractivity contribution is -0.141. The fourth-order valence-electron chi connectivity index (χ4n) is 3.93. The Morgan fingerprint density at radius 3 is 2.64 bits per heavy atom. The third-order valence-electron chi connectivity index (χ3n) is 5.57. The van der Waals surface area contributed by atoms with Crippen LogP contribution in [0.2, 0.25) is 0 Å². The van der Waals surface area contributed by atoms with Crippen molar-refractivity contribution in [2.75, 3.05) is 0 Å². The van der Waals surface area contributed by atoms with E-state index in [9.17, 15) is 27.6 Å². The average Bonchev–Trinajstić information content (AvgIpc) is 3.39. The van der Waals surface area contributed by atoms with Gasteiger partial charge in [-0.3, -0.25) is 19.7 Å². The van der Waals surface area contributed by atoms with Gasteiger partial charge in [0.15, 0.2) is 0 Å². The Balaban J connectivity index is 1.40. The van der Waals surface area contributed by atoms with Gasteiger partial charge in [0, 0.05) is 18.5 Å². The number of piperidine rings is 1. The molecular formula is C21H15F3N6O3. The fraction of sp³-hybridized carbons (Fsp3) is 0.238. The van der Waals surface area contributed by atoms with E-state index in [4.69, 9.17) is 0 Å². The maximum absolute atomic E-state index is 13.0. The second-order valence-corrected chi connectivity index (χ2v) is 7.70. The number of aromatic nitrogens is 4. The Morgan fingerprint density at radius 2 is 1.88 bits per heavy atom. The van der Waals surface area contributed by atoms with Crippen LogP contribution in [-0.4, -0.2) is 48.6 Å². The van der Waals surface area contributed by atoms with Gasteiger partial charge in [-0.1, -0.05) is 17.3 Å². The molecule has 1 aromatic carbocycles. The molecule has 1 saturated heterocycles. The molecule has 1 unspecified atom stereocenters. The minimum Gasteiger partial charge on any atom is -0.322 e. The average molecular weight is 456 g/mol. The third-order valence-corrected chi connectivity index (χ3v) is 5.57. The number of rotatable bonds is 3. The first-order valence-corrected chi connectivity index (χ1v) is 9.95. The van der Waals surface area contributed by atoms with Crippen LogP contribution in [0.25, 0.3) is 17.1 Å². The van der Waals surface area contributed by atoms with Gasteiger partial charge in [-0.25, -0.2) is 9.67 Å². The van der Waals surface area contributed by atoms with Crippen molar-refractivity contribution < 1.29 is 27.6 Å². The largest absolute Gasteiger partial charge is 0.433 e. The van der Waals surface area contributed by atoms with E-state index < -0.39 is 23.8 Å². The summed E-state index contributed by atoms with van der Waals surface area (Å²) in [5.41, 5.74) is 0.680. The highest BCUT2D eigenvalue weighted by molar-refractivity contribution is 6.05. The van der Waals surface area contributed by atoms with Crippen LogP contribution < -0.4 is 5.32 Å². The first-order chi connectivity index (χ1) is 15.7. The summed E-state index contributed by atoms with van der Waals surface area (Å²) in [5.74, 6) is -1.21. The van der Waals surface area contributed by atoms with Crippen LogP contribution in [0.1, 0.15) is 34.5 Å². The molecule has 168 valence electrons. The molecular weight excluding hydrogens is 441 g/mol. The summed E-state index contributed by atoms with van der Waals surface area (Å²) in [4.78, 5) is 41.6. The van der Waals surface area contributed by atoms with Crippen LogP contribution >= 0.6 is 0 Å². The molecule has 2 aliphatic rings. The molecule has 1 atom stereocenters. The maximum Gasteiger partial charge on any atom is 0.433 e. The molecule has 1 fully saturated rings. The molecule has 1 N–H and O–H groups in total. The number of imide groups is 1. The zero-order valence-electron chi connectivity index (χ0n) is 16.8. The van der Waals surface area contributed by atoms with Crippen LogP contribution in [0.4, 0.5) is 13.2 Å². The molecule has 12 heteroatoms. The van der Waals surface area contributed by atoms with Crippen LogP contribution in [0, 0.1) is 0 Å². The molecule has 4 heterocycles. The van der Waals surface area contributed by atoms with Crippen LogP contribution in [0.15, 0.2) is 42.6 Å². The summed E-state index contributed by atoms with van der Waals surface area (Å²) < 4.78 is 40.2. The van der Waals surface area contributed by atoms with Crippen molar-refractivity contribution in [3.8, 4) is 17.1 Å². The third kappa shape index (κ3) is 3.73. The molecule has 2 aliphatic heterocycles. The van der Waals surface area contributed by atoms with Gasteiger partial charge in [-0.05, 0) is 36.2 Å². The number of pyridine rings is 1. The Bertz CT molecular complexity index is 1300. The number of halogens is 3. The van der Waals surface area contributed by atoms with Crippen molar-refractivity contribution in [2.45, 2.75) is 31.6 Å². The van der Waals surface area contributed by atoms with E-state index >= 15 is 0 Å². The summed E-state index contributed by atoms with van der Waals surface area (Å²) in [7, 11) is 0. The monoisotopic (exact) mass is 456 g/mol. The smallest absolute Gasteiger partial charge is 0.322 e. The molecule has 0 bridgehead atoms. The van der Waals surface area contributed by atoms with Gasteiger partial charge in [0.25, 0.3) is 5.91 Å². The summed E-state index contributed by atoms with van der Waals surface area (Å²) >= 11 is 0. The number of nitrogens with one attached hydrogen (secondary N) is 1. The molecule has 9 nitrogen and oxygen atoms in total. The number of fused-ring (bicyclic) bond motifs is 1. The van der Waals surface area contributed by atoms with Gasteiger partial charge in [-0.15, -0.1) is 5.10 Å². The molecule has 33 heavy (non-hydrogen) atoms. The summed E-state index contributed by atoms with van der Waals surface area (Å²) in [6.45, 7) is 0.234. The normalized spacial score (nSPS) is 18.5. The first kappa shape index (κ1) is 20.8. The van der Waals surface area contributed by atoms with Gasteiger partial charge in [-0.2, -0.15) is 13.2 Å². The number of benzene rings is 1. The number of hydrogen-bond donors (Lipinski definition) is 1. The number of amides is 3. The zero-order chi connectivity index (χ0) is 23.3. The maximum atomic E-state index is 13.0. The van der Waals surface area contributed by atoms with E-state index in [0.717, 1.165) is 6.07 Å². The quantitative estimate of drug-likeness (QED) is 0.605. The summed E-state index contributed by atoms with van der Waals surface area (Å²) in [5, 5.41) is 10.1. The van der Waals surface area contributed by atoms with Crippen molar-refractivity contribution in [3.63, 3.8) is 0 Å². The van der Waals surface area contributed by atoms with Crippen molar-refractivity contribution in [2.24, 2.45) is 0 Å². The number of alkyl halides is 3. The predicted octanol–water partition coefficient (Wildman–Crippen LogP) is 2.11. The van der Waals surface area contributed by atoms with Gasteiger partial charge in [0.05, 0.1) is 17.6 Å². The fourth-order valence-corrected chi connectivity index (χ4v) is 3.93. The molecule has 2 aromatic heterocycles. The minimum absolute atomic E-state index is 0.0114. The van der Waals surface area contributed by atoms with E-state index in [2.05, 4.69) is 20.6 Å². The number of carbonyl (C=O) groups excluding carboxylic acids is 3. The second-order valence-electron chi connectivity index (χ2n) is 7.70. The summed E-state index contributed by atoms with van der Waals surface area (Å²) in [6, 6.07) is 7.78. The van der Waals surface area contributed by atoms with Gasteiger partial charge >= 0.3 is 6.18 Å². The minimum atomic E-state index is -4.58. The van der Waals surface area contributed by atoms with Crippen LogP contribution in [-0.2, 0) is 22.3 Å². The SMILES string of the molecule is O=C1CCC(N2Cc3ccc(-n4cc(-c5cccc(C(F)(F)F)n5)nn4)cc3C2=O)C(=O)N1. The summed E-state index contributed by atoms with van der Waals surface area (Å²) in [6.07, 6.45) is -2.75. The van der Waals surface area contributed by atoms with Crippen molar-refractivity contribution in [3.05, 3.63) is 59.4 Å². The lowest BCUT2D eigenvalue weighted by Crippen LogP contribution is -2.52. The van der Waals surface area contributed by atoms with Gasteiger partial charge in [0.2, 0.25) is 11.8 Å². The highest BCUT2D eigenvalue weighted by atomic mass is 19.4. The number of carbonyl (C=O) groups is 3. The topological polar surface area (TPSA) is 110 Å². The van der Waals surface area contributed by atoms with E-state index in [-0.39, 0.29) is 42.6 Å². The molecule has 3 amide bonds. The highest BCUT2D eigenvalue weighted by Crippen LogP contribution is 2.30. The lowest BCUT2D eigenvalue weighted by atomic mass is 10.0. The van der Waals surface area contributed by atoms with E-state index in [1.54, 1.807) is 18.2 Å². The Hall–Kier alpha value is -4.09.